The molecule has 0 saturated carbocycles. The maximum atomic E-state index is 10.4. The molecule has 0 aliphatic rings. The average Bonchev–Trinajstić information content (AvgIpc) is 2.61. The monoisotopic (exact) mass is 205 g/mol. The number of hydrogen-bond acceptors (Lipinski definition) is 3. The van der Waals surface area contributed by atoms with Crippen molar-refractivity contribution in [1.82, 2.24) is 0 Å². The van der Waals surface area contributed by atoms with Crippen LogP contribution in [-0.2, 0) is 4.79 Å². The van der Waals surface area contributed by atoms with Gasteiger partial charge in [0.25, 0.3) is 0 Å². The molecule has 0 amide bonds. The van der Waals surface area contributed by atoms with Crippen molar-refractivity contribution in [2.24, 2.45) is 0 Å². The maximum Gasteiger partial charge on any atom is 0.139 e. The highest BCUT2D eigenvalue weighted by Gasteiger charge is 2.06. The van der Waals surface area contributed by atoms with Gasteiger partial charge in [-0.25, -0.2) is 0 Å². The lowest BCUT2D eigenvalue weighted by Gasteiger charge is -2.14. The molecule has 2 aromatic rings. The number of carbonyl (C=O) groups is 1. The van der Waals surface area contributed by atoms with Crippen molar-refractivity contribution in [3.63, 3.8) is 0 Å². The summed E-state index contributed by atoms with van der Waals surface area (Å²) in [5.41, 5.74) is 1.14. The van der Waals surface area contributed by atoms with E-state index in [9.17, 15) is 4.79 Å². The van der Waals surface area contributed by atoms with Gasteiger partial charge >= 0.3 is 0 Å². The number of nitrogens with zero attached hydrogens (tertiary/aromatic N) is 1. The Morgan fingerprint density at radius 2 is 2.21 bits per heavy atom. The number of carbonyl (C=O) groups excluding carboxylic acids is 1. The molecule has 0 aliphatic heterocycles. The van der Waals surface area contributed by atoms with Crippen molar-refractivity contribution in [2.75, 3.05) is 18.5 Å². The molecular weight excluding hydrogens is 194 g/mol. The molecule has 0 N–H and O–H groups in total. The topological polar surface area (TPSA) is 20.3 Å². The van der Waals surface area contributed by atoms with Crippen molar-refractivity contribution in [3.05, 3.63) is 29.6 Å². The quantitative estimate of drug-likeness (QED) is 0.718. The van der Waals surface area contributed by atoms with Crippen LogP contribution < -0.4 is 4.90 Å². The number of hydrogen-bond donors (Lipinski definition) is 0. The van der Waals surface area contributed by atoms with E-state index in [-0.39, 0.29) is 0 Å². The molecule has 2 nitrogen and oxygen atoms in total. The Morgan fingerprint density at radius 3 is 3.00 bits per heavy atom. The Hall–Kier alpha value is -1.35. The van der Waals surface area contributed by atoms with E-state index >= 15 is 0 Å². The molecule has 0 unspecified atom stereocenters. The fourth-order valence-electron chi connectivity index (χ4n) is 1.47. The lowest BCUT2D eigenvalue weighted by molar-refractivity contribution is -0.106. The summed E-state index contributed by atoms with van der Waals surface area (Å²) in [5.74, 6) is 0. The number of likely N-dealkylation sites (N-methyl/N-ethyl adjacent to an activating group) is 1. The minimum absolute atomic E-state index is 0.445. The van der Waals surface area contributed by atoms with Gasteiger partial charge in [-0.05, 0) is 6.07 Å². The van der Waals surface area contributed by atoms with Crippen LogP contribution in [0.2, 0.25) is 0 Å². The lowest BCUT2D eigenvalue weighted by atomic mass is 10.2. The van der Waals surface area contributed by atoms with Crippen LogP contribution in [0.15, 0.2) is 29.6 Å². The lowest BCUT2D eigenvalue weighted by Crippen LogP contribution is -2.18. The molecule has 14 heavy (non-hydrogen) atoms. The van der Waals surface area contributed by atoms with Crippen molar-refractivity contribution in [1.29, 1.82) is 0 Å². The summed E-state index contributed by atoms with van der Waals surface area (Å²) in [6.45, 7) is 0.445. The average molecular weight is 205 g/mol. The zero-order valence-corrected chi connectivity index (χ0v) is 8.75. The minimum Gasteiger partial charge on any atom is -0.366 e. The summed E-state index contributed by atoms with van der Waals surface area (Å²) < 4.78 is 1.26. The van der Waals surface area contributed by atoms with Gasteiger partial charge in [-0.15, -0.1) is 11.3 Å². The standard InChI is InChI=1S/C11H11NOS/c1-12(6-7-13)10-8-14-11-5-3-2-4-9(10)11/h2-5,7-8H,6H2,1H3. The molecule has 0 atom stereocenters. The number of aldehydes is 1. The first-order chi connectivity index (χ1) is 6.83. The molecule has 2 rings (SSSR count). The first-order valence-electron chi connectivity index (χ1n) is 4.44. The van der Waals surface area contributed by atoms with Gasteiger partial charge < -0.3 is 9.69 Å². The van der Waals surface area contributed by atoms with Crippen LogP contribution in [0.1, 0.15) is 0 Å². The Labute approximate surface area is 86.8 Å². The molecule has 0 bridgehead atoms. The van der Waals surface area contributed by atoms with E-state index in [4.69, 9.17) is 0 Å². The molecule has 1 aromatic carbocycles. The molecule has 0 radical (unpaired) electrons. The number of anilines is 1. The number of thiophene rings is 1. The van der Waals surface area contributed by atoms with Gasteiger partial charge in [-0.2, -0.15) is 0 Å². The second-order valence-electron chi connectivity index (χ2n) is 3.16. The smallest absolute Gasteiger partial charge is 0.139 e. The van der Waals surface area contributed by atoms with Gasteiger partial charge in [0.15, 0.2) is 0 Å². The van der Waals surface area contributed by atoms with E-state index in [0.29, 0.717) is 6.54 Å². The number of fused-ring (bicyclic) bond motifs is 1. The summed E-state index contributed by atoms with van der Waals surface area (Å²) >= 11 is 1.71. The summed E-state index contributed by atoms with van der Waals surface area (Å²) in [6, 6.07) is 8.23. The third kappa shape index (κ3) is 1.51. The number of benzene rings is 1. The minimum atomic E-state index is 0.445. The second kappa shape index (κ2) is 3.80. The molecule has 0 aliphatic carbocycles. The number of rotatable bonds is 3. The van der Waals surface area contributed by atoms with Gasteiger partial charge in [0.1, 0.15) is 6.29 Å². The SMILES string of the molecule is CN(CC=O)c1csc2ccccc12. The maximum absolute atomic E-state index is 10.4. The van der Waals surface area contributed by atoms with Crippen molar-refractivity contribution in [2.45, 2.75) is 0 Å². The summed E-state index contributed by atoms with van der Waals surface area (Å²) in [5, 5.41) is 3.32. The van der Waals surface area contributed by atoms with E-state index in [1.54, 1.807) is 11.3 Å². The van der Waals surface area contributed by atoms with Crippen LogP contribution in [0.3, 0.4) is 0 Å². The van der Waals surface area contributed by atoms with Gasteiger partial charge in [0.05, 0.1) is 12.2 Å². The Kier molecular flexibility index (Phi) is 2.50. The van der Waals surface area contributed by atoms with E-state index in [1.165, 1.54) is 10.1 Å². The van der Waals surface area contributed by atoms with Gasteiger partial charge in [-0.3, -0.25) is 0 Å². The first-order valence-corrected chi connectivity index (χ1v) is 5.32. The van der Waals surface area contributed by atoms with Gasteiger partial charge in [0, 0.05) is 22.5 Å². The first kappa shape index (κ1) is 9.21. The highest BCUT2D eigenvalue weighted by molar-refractivity contribution is 7.17. The van der Waals surface area contributed by atoms with Gasteiger partial charge in [0.2, 0.25) is 0 Å². The zero-order valence-electron chi connectivity index (χ0n) is 7.93. The molecule has 0 spiro atoms. The summed E-state index contributed by atoms with van der Waals surface area (Å²) in [6.07, 6.45) is 0.923. The van der Waals surface area contributed by atoms with Crippen LogP contribution in [-0.4, -0.2) is 19.9 Å². The fourth-order valence-corrected chi connectivity index (χ4v) is 2.47. The van der Waals surface area contributed by atoms with E-state index in [0.717, 1.165) is 12.0 Å². The molecule has 1 aromatic heterocycles. The molecule has 3 heteroatoms. The predicted molar refractivity (Wildman–Crippen MR) is 61.2 cm³/mol. The molecular formula is C11H11NOS. The van der Waals surface area contributed by atoms with Crippen molar-refractivity contribution in [3.8, 4) is 0 Å². The zero-order chi connectivity index (χ0) is 9.97. The van der Waals surface area contributed by atoms with E-state index in [2.05, 4.69) is 17.5 Å². The molecule has 1 heterocycles. The highest BCUT2D eigenvalue weighted by Crippen LogP contribution is 2.31. The van der Waals surface area contributed by atoms with Crippen LogP contribution in [0.5, 0.6) is 0 Å². The predicted octanol–water partition coefficient (Wildman–Crippen LogP) is 2.54. The van der Waals surface area contributed by atoms with Gasteiger partial charge in [-0.1, -0.05) is 18.2 Å². The molecule has 0 fully saturated rings. The normalized spacial score (nSPS) is 10.4. The van der Waals surface area contributed by atoms with Crippen molar-refractivity contribution < 1.29 is 4.79 Å². The largest absolute Gasteiger partial charge is 0.366 e. The fraction of sp³-hybridized carbons (Fsp3) is 0.182. The van der Waals surface area contributed by atoms with E-state index in [1.807, 2.05) is 24.1 Å². The molecule has 72 valence electrons. The van der Waals surface area contributed by atoms with Crippen LogP contribution in [0.25, 0.3) is 10.1 Å². The second-order valence-corrected chi connectivity index (χ2v) is 4.08. The third-order valence-electron chi connectivity index (χ3n) is 2.22. The Morgan fingerprint density at radius 1 is 1.43 bits per heavy atom. The van der Waals surface area contributed by atoms with E-state index < -0.39 is 0 Å². The Balaban J connectivity index is 2.47. The van der Waals surface area contributed by atoms with Crippen LogP contribution >= 0.6 is 11.3 Å². The summed E-state index contributed by atoms with van der Waals surface area (Å²) in [7, 11) is 1.93. The van der Waals surface area contributed by atoms with Crippen LogP contribution in [0, 0.1) is 0 Å². The van der Waals surface area contributed by atoms with Crippen molar-refractivity contribution >= 4 is 33.4 Å². The highest BCUT2D eigenvalue weighted by atomic mass is 32.1. The Bertz CT molecular complexity index is 449. The summed E-state index contributed by atoms with van der Waals surface area (Å²) in [4.78, 5) is 12.4. The molecule has 0 saturated heterocycles. The third-order valence-corrected chi connectivity index (χ3v) is 3.17. The van der Waals surface area contributed by atoms with Crippen LogP contribution in [0.4, 0.5) is 5.69 Å².